The van der Waals surface area contributed by atoms with Crippen LogP contribution < -0.4 is 9.47 Å². The fraction of sp³-hybridized carbons (Fsp3) is 0.360. The van der Waals surface area contributed by atoms with Gasteiger partial charge in [0.1, 0.15) is 11.5 Å². The Bertz CT molecular complexity index is 1000. The van der Waals surface area contributed by atoms with Crippen LogP contribution in [-0.4, -0.2) is 36.2 Å². The minimum Gasteiger partial charge on any atom is -0.497 e. The van der Waals surface area contributed by atoms with Crippen molar-refractivity contribution in [2.75, 3.05) is 14.2 Å². The molecule has 2 aliphatic rings. The van der Waals surface area contributed by atoms with Crippen LogP contribution in [0, 0.1) is 5.92 Å². The van der Waals surface area contributed by atoms with E-state index in [0.717, 1.165) is 41.4 Å². The van der Waals surface area contributed by atoms with E-state index >= 15 is 0 Å². The number of hydrogen-bond donors (Lipinski definition) is 0. The molecule has 2 aromatic rings. The number of carbonyl (C=O) groups is 1. The largest absolute Gasteiger partial charge is 0.497 e. The van der Waals surface area contributed by atoms with E-state index in [4.69, 9.17) is 14.5 Å². The summed E-state index contributed by atoms with van der Waals surface area (Å²) in [4.78, 5) is 21.0. The van der Waals surface area contributed by atoms with E-state index in [0.29, 0.717) is 16.6 Å². The molecular weight excluding hydrogens is 408 g/mol. The van der Waals surface area contributed by atoms with Crippen LogP contribution in [0.15, 0.2) is 58.4 Å². The average molecular weight is 437 g/mol. The Balaban J connectivity index is 1.75. The maximum atomic E-state index is 13.6. The van der Waals surface area contributed by atoms with Crippen molar-refractivity contribution in [3.05, 3.63) is 59.0 Å². The fourth-order valence-corrected chi connectivity index (χ4v) is 5.28. The molecule has 2 aromatic carbocycles. The second-order valence-electron chi connectivity index (χ2n) is 7.95. The van der Waals surface area contributed by atoms with Crippen molar-refractivity contribution in [2.24, 2.45) is 10.9 Å². The molecule has 1 amide bonds. The molecule has 31 heavy (non-hydrogen) atoms. The van der Waals surface area contributed by atoms with E-state index in [1.165, 1.54) is 18.2 Å². The number of rotatable bonds is 5. The summed E-state index contributed by atoms with van der Waals surface area (Å²) in [5.41, 5.74) is 1.67. The molecular formula is C25H28N2O3S. The van der Waals surface area contributed by atoms with Gasteiger partial charge >= 0.3 is 0 Å². The SMILES string of the molecule is COc1ccc(OC)c(/C=C2\SC(=Nc3ccccc3)N([C@@H]3CCCC[C@H]3C)C2=O)c1. The molecule has 1 aliphatic heterocycles. The van der Waals surface area contributed by atoms with E-state index in [9.17, 15) is 4.79 Å². The molecule has 0 N–H and O–H groups in total. The maximum absolute atomic E-state index is 13.6. The van der Waals surface area contributed by atoms with E-state index in [2.05, 4.69) is 6.92 Å². The lowest BCUT2D eigenvalue weighted by atomic mass is 9.85. The molecule has 0 unspecified atom stereocenters. The Morgan fingerprint density at radius 2 is 1.84 bits per heavy atom. The van der Waals surface area contributed by atoms with Crippen molar-refractivity contribution in [2.45, 2.75) is 38.6 Å². The van der Waals surface area contributed by atoms with E-state index in [-0.39, 0.29) is 11.9 Å². The van der Waals surface area contributed by atoms with Crippen molar-refractivity contribution < 1.29 is 14.3 Å². The van der Waals surface area contributed by atoms with Crippen LogP contribution in [0.2, 0.25) is 0 Å². The van der Waals surface area contributed by atoms with Gasteiger partial charge in [0.15, 0.2) is 5.17 Å². The van der Waals surface area contributed by atoms with Gasteiger partial charge in [0.25, 0.3) is 5.91 Å². The third kappa shape index (κ3) is 4.64. The number of nitrogens with zero attached hydrogens (tertiary/aromatic N) is 2. The van der Waals surface area contributed by atoms with Gasteiger partial charge in [0, 0.05) is 11.6 Å². The van der Waals surface area contributed by atoms with Gasteiger partial charge in [-0.05, 0) is 66.9 Å². The standard InChI is InChI=1S/C25H28N2O3S/c1-17-9-7-8-12-21(17)27-24(28)23(31-25(27)26-19-10-5-4-6-11-19)16-18-15-20(29-2)13-14-22(18)30-3/h4-6,10-11,13-17,21H,7-9,12H2,1-3H3/b23-16-,26-25?/t17-,21-/m1/s1. The first-order valence-corrected chi connectivity index (χ1v) is 11.5. The zero-order valence-electron chi connectivity index (χ0n) is 18.2. The Kier molecular flexibility index (Phi) is 6.66. The number of carbonyl (C=O) groups excluding carboxylic acids is 1. The van der Waals surface area contributed by atoms with Gasteiger partial charge in [-0.15, -0.1) is 0 Å². The molecule has 6 heteroatoms. The van der Waals surface area contributed by atoms with Gasteiger partial charge in [-0.2, -0.15) is 0 Å². The molecule has 1 saturated heterocycles. The van der Waals surface area contributed by atoms with E-state index < -0.39 is 0 Å². The number of amides is 1. The number of aliphatic imine (C=N–C) groups is 1. The molecule has 0 radical (unpaired) electrons. The third-order valence-electron chi connectivity index (χ3n) is 5.94. The molecule has 162 valence electrons. The van der Waals surface area contributed by atoms with Gasteiger partial charge in [0.2, 0.25) is 0 Å². The molecule has 0 spiro atoms. The van der Waals surface area contributed by atoms with Crippen molar-refractivity contribution in [3.63, 3.8) is 0 Å². The molecule has 0 bridgehead atoms. The molecule has 5 nitrogen and oxygen atoms in total. The van der Waals surface area contributed by atoms with Gasteiger partial charge in [-0.3, -0.25) is 9.69 Å². The summed E-state index contributed by atoms with van der Waals surface area (Å²) in [6.45, 7) is 2.24. The molecule has 2 fully saturated rings. The van der Waals surface area contributed by atoms with Crippen LogP contribution in [-0.2, 0) is 4.79 Å². The topological polar surface area (TPSA) is 51.1 Å². The maximum Gasteiger partial charge on any atom is 0.267 e. The molecule has 1 saturated carbocycles. The third-order valence-corrected chi connectivity index (χ3v) is 6.92. The number of methoxy groups -OCH3 is 2. The molecule has 1 heterocycles. The highest BCUT2D eigenvalue weighted by atomic mass is 32.2. The van der Waals surface area contributed by atoms with Crippen LogP contribution in [0.1, 0.15) is 38.2 Å². The first-order valence-electron chi connectivity index (χ1n) is 10.7. The number of benzene rings is 2. The molecule has 1 aliphatic carbocycles. The van der Waals surface area contributed by atoms with Crippen molar-refractivity contribution in [1.29, 1.82) is 0 Å². The summed E-state index contributed by atoms with van der Waals surface area (Å²) < 4.78 is 10.9. The summed E-state index contributed by atoms with van der Waals surface area (Å²) in [6.07, 6.45) is 6.41. The minimum absolute atomic E-state index is 0.0169. The number of ether oxygens (including phenoxy) is 2. The zero-order chi connectivity index (χ0) is 21.8. The summed E-state index contributed by atoms with van der Waals surface area (Å²) in [5.74, 6) is 1.89. The predicted molar refractivity (Wildman–Crippen MR) is 127 cm³/mol. The average Bonchev–Trinajstić information content (AvgIpc) is 3.09. The lowest BCUT2D eigenvalue weighted by molar-refractivity contribution is -0.124. The smallest absolute Gasteiger partial charge is 0.267 e. The van der Waals surface area contributed by atoms with Crippen LogP contribution in [0.3, 0.4) is 0 Å². The second-order valence-corrected chi connectivity index (χ2v) is 8.96. The number of amidine groups is 1. The highest BCUT2D eigenvalue weighted by Gasteiger charge is 2.41. The quantitative estimate of drug-likeness (QED) is 0.549. The molecule has 2 atom stereocenters. The lowest BCUT2D eigenvalue weighted by Crippen LogP contribution is -2.44. The van der Waals surface area contributed by atoms with Gasteiger partial charge in [-0.1, -0.05) is 38.0 Å². The monoisotopic (exact) mass is 436 g/mol. The van der Waals surface area contributed by atoms with Crippen molar-refractivity contribution in [1.82, 2.24) is 4.90 Å². The Hall–Kier alpha value is -2.73. The van der Waals surface area contributed by atoms with Crippen LogP contribution in [0.25, 0.3) is 6.08 Å². The first kappa shape index (κ1) is 21.5. The first-order chi connectivity index (χ1) is 15.1. The molecule has 0 aromatic heterocycles. The summed E-state index contributed by atoms with van der Waals surface area (Å²) >= 11 is 1.44. The minimum atomic E-state index is 0.0169. The highest BCUT2D eigenvalue weighted by molar-refractivity contribution is 8.18. The predicted octanol–water partition coefficient (Wildman–Crippen LogP) is 5.89. The van der Waals surface area contributed by atoms with E-state index in [1.807, 2.05) is 59.5 Å². The number of para-hydroxylation sites is 1. The summed E-state index contributed by atoms with van der Waals surface area (Å²) in [5, 5.41) is 0.753. The lowest BCUT2D eigenvalue weighted by Gasteiger charge is -2.35. The van der Waals surface area contributed by atoms with Crippen LogP contribution in [0.5, 0.6) is 11.5 Å². The Morgan fingerprint density at radius 1 is 1.06 bits per heavy atom. The summed E-state index contributed by atoms with van der Waals surface area (Å²) in [7, 11) is 3.26. The highest BCUT2D eigenvalue weighted by Crippen LogP contribution is 2.41. The molecule has 4 rings (SSSR count). The Labute approximate surface area is 188 Å². The van der Waals surface area contributed by atoms with Gasteiger partial charge in [0.05, 0.1) is 24.8 Å². The fourth-order valence-electron chi connectivity index (χ4n) is 4.24. The van der Waals surface area contributed by atoms with Crippen LogP contribution in [0.4, 0.5) is 5.69 Å². The number of thioether (sulfide) groups is 1. The van der Waals surface area contributed by atoms with Gasteiger partial charge < -0.3 is 9.47 Å². The van der Waals surface area contributed by atoms with E-state index in [1.54, 1.807) is 14.2 Å². The zero-order valence-corrected chi connectivity index (χ0v) is 19.0. The van der Waals surface area contributed by atoms with Crippen molar-refractivity contribution >= 4 is 34.6 Å². The second kappa shape index (κ2) is 9.60. The van der Waals surface area contributed by atoms with Crippen LogP contribution >= 0.6 is 11.8 Å². The number of hydrogen-bond acceptors (Lipinski definition) is 5. The van der Waals surface area contributed by atoms with Gasteiger partial charge in [-0.25, -0.2) is 4.99 Å². The van der Waals surface area contributed by atoms with Crippen molar-refractivity contribution in [3.8, 4) is 11.5 Å². The normalized spacial score (nSPS) is 24.1. The Morgan fingerprint density at radius 3 is 2.55 bits per heavy atom. The summed E-state index contributed by atoms with van der Waals surface area (Å²) in [6, 6.07) is 15.6.